The predicted octanol–water partition coefficient (Wildman–Crippen LogP) is 0.363. The average Bonchev–Trinajstić information content (AvgIpc) is 2.61. The number of hydrogen-bond acceptors (Lipinski definition) is 3. The first-order valence-electron chi connectivity index (χ1n) is 5.22. The number of ether oxygens (including phenoxy) is 1. The summed E-state index contributed by atoms with van der Waals surface area (Å²) >= 11 is 0. The van der Waals surface area contributed by atoms with E-state index in [1.807, 2.05) is 7.05 Å². The highest BCUT2D eigenvalue weighted by atomic mass is 16.5. The second-order valence-corrected chi connectivity index (χ2v) is 4.04. The van der Waals surface area contributed by atoms with Crippen LogP contribution in [0.15, 0.2) is 0 Å². The molecule has 0 spiro atoms. The van der Waals surface area contributed by atoms with Crippen molar-refractivity contribution in [1.82, 2.24) is 4.90 Å². The molecule has 0 saturated carbocycles. The van der Waals surface area contributed by atoms with E-state index in [2.05, 4.69) is 6.92 Å². The molecule has 1 amide bonds. The maximum atomic E-state index is 11.9. The highest BCUT2D eigenvalue weighted by molar-refractivity contribution is 5.86. The summed E-state index contributed by atoms with van der Waals surface area (Å²) in [5.41, 5.74) is 5.20. The molecule has 1 aliphatic rings. The summed E-state index contributed by atoms with van der Waals surface area (Å²) in [5.74, 6) is 0.0171. The lowest BCUT2D eigenvalue weighted by molar-refractivity contribution is -0.135. The van der Waals surface area contributed by atoms with Gasteiger partial charge in [-0.15, -0.1) is 0 Å². The predicted molar refractivity (Wildman–Crippen MR) is 54.9 cm³/mol. The molecular weight excluding hydrogens is 180 g/mol. The minimum atomic E-state index is -0.761. The third kappa shape index (κ3) is 2.45. The molecule has 1 saturated heterocycles. The summed E-state index contributed by atoms with van der Waals surface area (Å²) in [4.78, 5) is 13.6. The summed E-state index contributed by atoms with van der Waals surface area (Å²) in [6.07, 6.45) is 2.76. The van der Waals surface area contributed by atoms with E-state index in [1.165, 1.54) is 0 Å². The van der Waals surface area contributed by atoms with Gasteiger partial charge < -0.3 is 15.4 Å². The molecule has 0 aliphatic carbocycles. The molecule has 0 aromatic carbocycles. The van der Waals surface area contributed by atoms with E-state index in [0.717, 1.165) is 19.4 Å². The van der Waals surface area contributed by atoms with Gasteiger partial charge in [-0.25, -0.2) is 0 Å². The molecule has 1 fully saturated rings. The normalized spacial score (nSPS) is 26.5. The van der Waals surface area contributed by atoms with E-state index in [4.69, 9.17) is 10.5 Å². The van der Waals surface area contributed by atoms with Gasteiger partial charge in [-0.3, -0.25) is 4.79 Å². The maximum Gasteiger partial charge on any atom is 0.244 e. The van der Waals surface area contributed by atoms with Gasteiger partial charge in [-0.2, -0.15) is 0 Å². The van der Waals surface area contributed by atoms with Crippen LogP contribution >= 0.6 is 0 Å². The lowest BCUT2D eigenvalue weighted by Crippen LogP contribution is -2.55. The van der Waals surface area contributed by atoms with Crippen molar-refractivity contribution in [3.8, 4) is 0 Å². The molecule has 1 unspecified atom stereocenters. The number of unbranched alkanes of at least 4 members (excludes halogenated alkanes) is 1. The minimum Gasteiger partial charge on any atom is -0.379 e. The Hall–Kier alpha value is -0.610. The van der Waals surface area contributed by atoms with Crippen molar-refractivity contribution in [3.63, 3.8) is 0 Å². The molecule has 1 atom stereocenters. The Morgan fingerprint density at radius 3 is 2.86 bits per heavy atom. The Morgan fingerprint density at radius 2 is 2.36 bits per heavy atom. The van der Waals surface area contributed by atoms with Crippen LogP contribution < -0.4 is 5.73 Å². The molecule has 1 rings (SSSR count). The van der Waals surface area contributed by atoms with E-state index in [0.29, 0.717) is 19.6 Å². The zero-order valence-electron chi connectivity index (χ0n) is 9.08. The van der Waals surface area contributed by atoms with E-state index >= 15 is 0 Å². The number of carbonyl (C=O) groups excluding carboxylic acids is 1. The van der Waals surface area contributed by atoms with Gasteiger partial charge in [0.1, 0.15) is 5.54 Å². The van der Waals surface area contributed by atoms with Crippen molar-refractivity contribution in [2.24, 2.45) is 5.73 Å². The second-order valence-electron chi connectivity index (χ2n) is 4.04. The SMILES string of the molecule is CCCCN(C)C(=O)C1(N)CCOC1. The van der Waals surface area contributed by atoms with Crippen molar-refractivity contribution in [2.45, 2.75) is 31.7 Å². The number of rotatable bonds is 4. The molecule has 2 N–H and O–H groups in total. The molecule has 0 aromatic heterocycles. The quantitative estimate of drug-likeness (QED) is 0.713. The summed E-state index contributed by atoms with van der Waals surface area (Å²) in [5, 5.41) is 0. The first-order chi connectivity index (χ1) is 6.60. The molecule has 1 heterocycles. The molecule has 0 aromatic rings. The highest BCUT2D eigenvalue weighted by Crippen LogP contribution is 2.17. The standard InChI is InChI=1S/C10H20N2O2/c1-3-4-6-12(2)9(13)10(11)5-7-14-8-10/h3-8,11H2,1-2H3. The zero-order valence-corrected chi connectivity index (χ0v) is 9.08. The Morgan fingerprint density at radius 1 is 1.64 bits per heavy atom. The zero-order chi connectivity index (χ0) is 10.6. The van der Waals surface area contributed by atoms with Crippen molar-refractivity contribution in [2.75, 3.05) is 26.8 Å². The smallest absolute Gasteiger partial charge is 0.244 e. The Bertz CT molecular complexity index is 200. The molecule has 14 heavy (non-hydrogen) atoms. The van der Waals surface area contributed by atoms with Crippen LogP contribution in [-0.4, -0.2) is 43.2 Å². The van der Waals surface area contributed by atoms with E-state index < -0.39 is 5.54 Å². The molecule has 1 aliphatic heterocycles. The Kier molecular flexibility index (Phi) is 3.89. The van der Waals surface area contributed by atoms with Gasteiger partial charge in [-0.1, -0.05) is 13.3 Å². The topological polar surface area (TPSA) is 55.6 Å². The van der Waals surface area contributed by atoms with Gasteiger partial charge in [0.15, 0.2) is 0 Å². The minimum absolute atomic E-state index is 0.0171. The molecular formula is C10H20N2O2. The second kappa shape index (κ2) is 4.75. The first-order valence-corrected chi connectivity index (χ1v) is 5.22. The van der Waals surface area contributed by atoms with Crippen LogP contribution in [0.1, 0.15) is 26.2 Å². The van der Waals surface area contributed by atoms with Crippen LogP contribution in [-0.2, 0) is 9.53 Å². The van der Waals surface area contributed by atoms with Crippen molar-refractivity contribution < 1.29 is 9.53 Å². The maximum absolute atomic E-state index is 11.9. The Balaban J connectivity index is 2.46. The van der Waals surface area contributed by atoms with Crippen LogP contribution in [0.2, 0.25) is 0 Å². The average molecular weight is 200 g/mol. The summed E-state index contributed by atoms with van der Waals surface area (Å²) in [7, 11) is 1.81. The summed E-state index contributed by atoms with van der Waals surface area (Å²) in [6.45, 7) is 3.86. The lowest BCUT2D eigenvalue weighted by Gasteiger charge is -2.27. The number of nitrogens with zero attached hydrogens (tertiary/aromatic N) is 1. The van der Waals surface area contributed by atoms with Gasteiger partial charge in [0.25, 0.3) is 0 Å². The lowest BCUT2D eigenvalue weighted by atomic mass is 9.98. The monoisotopic (exact) mass is 200 g/mol. The first kappa shape index (κ1) is 11.5. The van der Waals surface area contributed by atoms with Gasteiger partial charge in [0.2, 0.25) is 5.91 Å². The molecule has 0 bridgehead atoms. The van der Waals surface area contributed by atoms with Crippen LogP contribution in [0, 0.1) is 0 Å². The van der Waals surface area contributed by atoms with Gasteiger partial charge >= 0.3 is 0 Å². The van der Waals surface area contributed by atoms with Crippen molar-refractivity contribution in [1.29, 1.82) is 0 Å². The third-order valence-electron chi connectivity index (χ3n) is 2.67. The molecule has 82 valence electrons. The molecule has 4 heteroatoms. The Labute approximate surface area is 85.4 Å². The largest absolute Gasteiger partial charge is 0.379 e. The van der Waals surface area contributed by atoms with Crippen LogP contribution in [0.25, 0.3) is 0 Å². The number of nitrogens with two attached hydrogens (primary N) is 1. The highest BCUT2D eigenvalue weighted by Gasteiger charge is 2.39. The summed E-state index contributed by atoms with van der Waals surface area (Å²) < 4.78 is 5.16. The van der Waals surface area contributed by atoms with Crippen molar-refractivity contribution in [3.05, 3.63) is 0 Å². The van der Waals surface area contributed by atoms with E-state index in [-0.39, 0.29) is 5.91 Å². The fourth-order valence-electron chi connectivity index (χ4n) is 1.63. The van der Waals surface area contributed by atoms with Crippen LogP contribution in [0.3, 0.4) is 0 Å². The van der Waals surface area contributed by atoms with Crippen molar-refractivity contribution >= 4 is 5.91 Å². The number of hydrogen-bond donors (Lipinski definition) is 1. The van der Waals surface area contributed by atoms with Crippen LogP contribution in [0.5, 0.6) is 0 Å². The van der Waals surface area contributed by atoms with Gasteiger partial charge in [0.05, 0.1) is 6.61 Å². The molecule has 0 radical (unpaired) electrons. The number of likely N-dealkylation sites (N-methyl/N-ethyl adjacent to an activating group) is 1. The number of amides is 1. The summed E-state index contributed by atoms with van der Waals surface area (Å²) in [6, 6.07) is 0. The van der Waals surface area contributed by atoms with Crippen LogP contribution in [0.4, 0.5) is 0 Å². The number of carbonyl (C=O) groups is 1. The van der Waals surface area contributed by atoms with E-state index in [1.54, 1.807) is 4.90 Å². The van der Waals surface area contributed by atoms with E-state index in [9.17, 15) is 4.79 Å². The fraction of sp³-hybridized carbons (Fsp3) is 0.900. The van der Waals surface area contributed by atoms with Gasteiger partial charge in [-0.05, 0) is 12.8 Å². The third-order valence-corrected chi connectivity index (χ3v) is 2.67. The molecule has 4 nitrogen and oxygen atoms in total. The fourth-order valence-corrected chi connectivity index (χ4v) is 1.63. The van der Waals surface area contributed by atoms with Gasteiger partial charge in [0, 0.05) is 20.2 Å².